The summed E-state index contributed by atoms with van der Waals surface area (Å²) in [5, 5.41) is 13.5. The number of methoxy groups -OCH3 is 1. The Hall–Kier alpha value is -3.13. The van der Waals surface area contributed by atoms with E-state index < -0.39 is 5.25 Å². The molecule has 1 aliphatic rings. The van der Waals surface area contributed by atoms with Crippen LogP contribution in [0.2, 0.25) is 0 Å². The molecule has 2 N–H and O–H groups in total. The normalized spacial score (nSPS) is 18.1. The zero-order valence-corrected chi connectivity index (χ0v) is 16.3. The predicted molar refractivity (Wildman–Crippen MR) is 112 cm³/mol. The largest absolute Gasteiger partial charge is 0.495 e. The van der Waals surface area contributed by atoms with Gasteiger partial charge in [-0.1, -0.05) is 54.2 Å². The Morgan fingerprint density at radius 2 is 1.89 bits per heavy atom. The molecular weight excluding hydrogens is 376 g/mol. The maximum atomic E-state index is 12.3. The molecule has 0 spiro atoms. The Balaban J connectivity index is 1.60. The van der Waals surface area contributed by atoms with E-state index in [1.165, 1.54) is 18.9 Å². The van der Waals surface area contributed by atoms with Crippen molar-refractivity contribution in [1.82, 2.24) is 5.32 Å². The number of nitrogens with one attached hydrogen (secondary N) is 2. The highest BCUT2D eigenvalue weighted by molar-refractivity contribution is 8.15. The van der Waals surface area contributed by atoms with Crippen LogP contribution in [0.4, 0.5) is 5.69 Å². The van der Waals surface area contributed by atoms with Crippen molar-refractivity contribution in [2.24, 2.45) is 10.2 Å². The van der Waals surface area contributed by atoms with E-state index in [0.717, 1.165) is 11.3 Å². The number of para-hydroxylation sites is 2. The molecular formula is C20H20N4O3S. The van der Waals surface area contributed by atoms with Crippen LogP contribution in [0.3, 0.4) is 0 Å². The van der Waals surface area contributed by atoms with Gasteiger partial charge < -0.3 is 15.4 Å². The number of nitrogens with zero attached hydrogens (tertiary/aromatic N) is 2. The lowest BCUT2D eigenvalue weighted by Gasteiger charge is -2.10. The lowest BCUT2D eigenvalue weighted by atomic mass is 10.1. The van der Waals surface area contributed by atoms with Crippen molar-refractivity contribution in [3.05, 3.63) is 60.2 Å². The SMILES string of the molecule is COc1ccccc1NC(=O)CC1SC(=NN=C(C)c2ccccc2)NC1=O. The molecule has 3 rings (SSSR count). The van der Waals surface area contributed by atoms with Crippen LogP contribution in [0.25, 0.3) is 0 Å². The van der Waals surface area contributed by atoms with Crippen LogP contribution in [0.5, 0.6) is 5.75 Å². The van der Waals surface area contributed by atoms with Gasteiger partial charge in [0.15, 0.2) is 5.17 Å². The molecule has 144 valence electrons. The summed E-state index contributed by atoms with van der Waals surface area (Å²) in [4.78, 5) is 24.5. The van der Waals surface area contributed by atoms with E-state index in [4.69, 9.17) is 4.74 Å². The molecule has 1 fully saturated rings. The fraction of sp³-hybridized carbons (Fsp3) is 0.200. The third kappa shape index (κ3) is 4.98. The summed E-state index contributed by atoms with van der Waals surface area (Å²) in [6.45, 7) is 1.85. The minimum Gasteiger partial charge on any atom is -0.495 e. The Morgan fingerprint density at radius 3 is 2.64 bits per heavy atom. The number of rotatable bonds is 6. The van der Waals surface area contributed by atoms with Gasteiger partial charge in [-0.3, -0.25) is 9.59 Å². The fourth-order valence-electron chi connectivity index (χ4n) is 2.56. The molecule has 1 unspecified atom stereocenters. The summed E-state index contributed by atoms with van der Waals surface area (Å²) in [7, 11) is 1.53. The first-order valence-electron chi connectivity index (χ1n) is 8.65. The molecule has 2 aromatic rings. The number of ether oxygens (including phenoxy) is 1. The van der Waals surface area contributed by atoms with Gasteiger partial charge in [-0.2, -0.15) is 5.10 Å². The maximum absolute atomic E-state index is 12.3. The van der Waals surface area contributed by atoms with Crippen molar-refractivity contribution in [3.63, 3.8) is 0 Å². The van der Waals surface area contributed by atoms with Crippen LogP contribution >= 0.6 is 11.8 Å². The van der Waals surface area contributed by atoms with E-state index in [2.05, 4.69) is 20.8 Å². The van der Waals surface area contributed by atoms with Crippen LogP contribution in [-0.4, -0.2) is 35.1 Å². The standard InChI is InChI=1S/C20H20N4O3S/c1-13(14-8-4-3-5-9-14)23-24-20-22-19(26)17(28-20)12-18(25)21-15-10-6-7-11-16(15)27-2/h3-11,17H,12H2,1-2H3,(H,21,25)(H,22,24,26). The van der Waals surface area contributed by atoms with Gasteiger partial charge in [0.25, 0.3) is 0 Å². The van der Waals surface area contributed by atoms with E-state index in [1.54, 1.807) is 18.2 Å². The van der Waals surface area contributed by atoms with Crippen molar-refractivity contribution in [2.45, 2.75) is 18.6 Å². The average Bonchev–Trinajstić information content (AvgIpc) is 3.06. The number of hydrogen-bond acceptors (Lipinski definition) is 6. The second-order valence-electron chi connectivity index (χ2n) is 6.00. The van der Waals surface area contributed by atoms with Gasteiger partial charge in [-0.15, -0.1) is 5.10 Å². The molecule has 0 aliphatic carbocycles. The van der Waals surface area contributed by atoms with Crippen molar-refractivity contribution in [1.29, 1.82) is 0 Å². The topological polar surface area (TPSA) is 92.2 Å². The van der Waals surface area contributed by atoms with Crippen molar-refractivity contribution in [3.8, 4) is 5.75 Å². The zero-order chi connectivity index (χ0) is 19.9. The summed E-state index contributed by atoms with van der Waals surface area (Å²) in [6.07, 6.45) is 0.0228. The highest BCUT2D eigenvalue weighted by Gasteiger charge is 2.32. The van der Waals surface area contributed by atoms with Crippen LogP contribution in [0.1, 0.15) is 18.9 Å². The van der Waals surface area contributed by atoms with E-state index in [9.17, 15) is 9.59 Å². The monoisotopic (exact) mass is 396 g/mol. The van der Waals surface area contributed by atoms with Gasteiger partial charge in [-0.25, -0.2) is 0 Å². The number of amides is 2. The van der Waals surface area contributed by atoms with Crippen molar-refractivity contribution in [2.75, 3.05) is 12.4 Å². The molecule has 0 aromatic heterocycles. The van der Waals surface area contributed by atoms with Crippen LogP contribution in [-0.2, 0) is 9.59 Å². The van der Waals surface area contributed by atoms with E-state index >= 15 is 0 Å². The third-order valence-electron chi connectivity index (χ3n) is 4.01. The Kier molecular flexibility index (Phi) is 6.44. The van der Waals surface area contributed by atoms with Crippen LogP contribution in [0, 0.1) is 0 Å². The minimum atomic E-state index is -0.555. The first-order chi connectivity index (χ1) is 13.6. The van der Waals surface area contributed by atoms with Gasteiger partial charge in [0, 0.05) is 6.42 Å². The molecule has 28 heavy (non-hydrogen) atoms. The number of hydrogen-bond donors (Lipinski definition) is 2. The number of anilines is 1. The summed E-state index contributed by atoms with van der Waals surface area (Å²) in [6, 6.07) is 16.7. The quantitative estimate of drug-likeness (QED) is 0.580. The summed E-state index contributed by atoms with van der Waals surface area (Å²) in [5.74, 6) is 0.0289. The summed E-state index contributed by atoms with van der Waals surface area (Å²) in [5.41, 5.74) is 2.25. The van der Waals surface area contributed by atoms with E-state index in [1.807, 2.05) is 43.3 Å². The van der Waals surface area contributed by atoms with Crippen molar-refractivity contribution >= 4 is 40.1 Å². The highest BCUT2D eigenvalue weighted by atomic mass is 32.2. The molecule has 0 saturated carbocycles. The Labute approximate surface area is 167 Å². The zero-order valence-electron chi connectivity index (χ0n) is 15.5. The predicted octanol–water partition coefficient (Wildman–Crippen LogP) is 3.04. The number of carbonyl (C=O) groups is 2. The van der Waals surface area contributed by atoms with E-state index in [-0.39, 0.29) is 18.2 Å². The number of carbonyl (C=O) groups excluding carboxylic acids is 2. The Bertz CT molecular complexity index is 928. The lowest BCUT2D eigenvalue weighted by molar-refractivity contribution is -0.122. The molecule has 1 heterocycles. The number of amidine groups is 1. The second kappa shape index (κ2) is 9.18. The third-order valence-corrected chi connectivity index (χ3v) is 5.08. The summed E-state index contributed by atoms with van der Waals surface area (Å²) >= 11 is 1.19. The molecule has 7 nitrogen and oxygen atoms in total. The Morgan fingerprint density at radius 1 is 1.18 bits per heavy atom. The smallest absolute Gasteiger partial charge is 0.240 e. The number of thioether (sulfide) groups is 1. The molecule has 1 saturated heterocycles. The molecule has 2 aromatic carbocycles. The molecule has 1 atom stereocenters. The van der Waals surface area contributed by atoms with Crippen LogP contribution in [0.15, 0.2) is 64.8 Å². The highest BCUT2D eigenvalue weighted by Crippen LogP contribution is 2.26. The minimum absolute atomic E-state index is 0.0228. The van der Waals surface area contributed by atoms with Gasteiger partial charge >= 0.3 is 0 Å². The molecule has 0 radical (unpaired) electrons. The van der Waals surface area contributed by atoms with Gasteiger partial charge in [0.2, 0.25) is 11.8 Å². The van der Waals surface area contributed by atoms with Gasteiger partial charge in [0.1, 0.15) is 11.0 Å². The van der Waals surface area contributed by atoms with Crippen molar-refractivity contribution < 1.29 is 14.3 Å². The average molecular weight is 396 g/mol. The molecule has 1 aliphatic heterocycles. The summed E-state index contributed by atoms with van der Waals surface area (Å²) < 4.78 is 5.21. The van der Waals surface area contributed by atoms with Gasteiger partial charge in [-0.05, 0) is 24.6 Å². The molecule has 8 heteroatoms. The maximum Gasteiger partial charge on any atom is 0.240 e. The second-order valence-corrected chi connectivity index (χ2v) is 7.20. The van der Waals surface area contributed by atoms with Crippen LogP contribution < -0.4 is 15.4 Å². The van der Waals surface area contributed by atoms with Gasteiger partial charge in [0.05, 0.1) is 18.5 Å². The lowest BCUT2D eigenvalue weighted by Crippen LogP contribution is -2.28. The van der Waals surface area contributed by atoms with E-state index in [0.29, 0.717) is 16.6 Å². The first-order valence-corrected chi connectivity index (χ1v) is 9.53. The molecule has 0 bridgehead atoms. The number of benzene rings is 2. The first kappa shape index (κ1) is 19.6. The molecule has 2 amide bonds. The fourth-order valence-corrected chi connectivity index (χ4v) is 3.48.